The summed E-state index contributed by atoms with van der Waals surface area (Å²) in [7, 11) is 0. The molecule has 1 atom stereocenters. The van der Waals surface area contributed by atoms with E-state index in [1.165, 1.54) is 12.1 Å². The van der Waals surface area contributed by atoms with E-state index in [0.29, 0.717) is 38.4 Å². The first-order valence-electron chi connectivity index (χ1n) is 6.18. The highest BCUT2D eigenvalue weighted by molar-refractivity contribution is 5.25. The number of nitrogens with two attached hydrogens (primary N) is 1. The van der Waals surface area contributed by atoms with E-state index in [0.717, 1.165) is 6.07 Å². The maximum absolute atomic E-state index is 12.6. The number of benzene rings is 1. The van der Waals surface area contributed by atoms with Crippen LogP contribution < -0.4 is 5.73 Å². The fourth-order valence-electron chi connectivity index (χ4n) is 2.19. The number of nitrogens with zero attached hydrogens (tertiary/aromatic N) is 1. The number of ether oxygens (including phenoxy) is 1. The van der Waals surface area contributed by atoms with Gasteiger partial charge in [0.1, 0.15) is 0 Å². The van der Waals surface area contributed by atoms with E-state index >= 15 is 0 Å². The van der Waals surface area contributed by atoms with Crippen molar-refractivity contribution in [2.45, 2.75) is 18.8 Å². The van der Waals surface area contributed by atoms with Crippen LogP contribution >= 0.6 is 0 Å². The third-order valence-electron chi connectivity index (χ3n) is 3.26. The Morgan fingerprint density at radius 3 is 2.84 bits per heavy atom. The first-order chi connectivity index (χ1) is 9.00. The second kappa shape index (κ2) is 5.90. The molecule has 1 unspecified atom stereocenters. The molecule has 1 aliphatic rings. The van der Waals surface area contributed by atoms with Gasteiger partial charge in [-0.2, -0.15) is 13.2 Å². The molecule has 0 spiro atoms. The largest absolute Gasteiger partial charge is 0.416 e. The van der Waals surface area contributed by atoms with Crippen molar-refractivity contribution in [3.63, 3.8) is 0 Å². The lowest BCUT2D eigenvalue weighted by Crippen LogP contribution is -2.48. The number of hydrogen-bond donors (Lipinski definition) is 1. The smallest absolute Gasteiger partial charge is 0.378 e. The molecule has 1 saturated heterocycles. The van der Waals surface area contributed by atoms with Crippen LogP contribution in [-0.4, -0.2) is 37.2 Å². The molecule has 0 amide bonds. The second-order valence-corrected chi connectivity index (χ2v) is 4.63. The van der Waals surface area contributed by atoms with Crippen molar-refractivity contribution in [3.05, 3.63) is 35.4 Å². The van der Waals surface area contributed by atoms with Gasteiger partial charge in [0.2, 0.25) is 0 Å². The van der Waals surface area contributed by atoms with Gasteiger partial charge in [-0.25, -0.2) is 0 Å². The number of morpholine rings is 1. The maximum Gasteiger partial charge on any atom is 0.416 e. The van der Waals surface area contributed by atoms with Gasteiger partial charge in [0.15, 0.2) is 0 Å². The Bertz CT molecular complexity index is 423. The van der Waals surface area contributed by atoms with E-state index in [1.807, 2.05) is 0 Å². The van der Waals surface area contributed by atoms with Crippen LogP contribution in [-0.2, 0) is 17.5 Å². The second-order valence-electron chi connectivity index (χ2n) is 4.63. The molecule has 2 rings (SSSR count). The molecule has 2 N–H and O–H groups in total. The zero-order valence-corrected chi connectivity index (χ0v) is 10.5. The fourth-order valence-corrected chi connectivity index (χ4v) is 2.19. The first kappa shape index (κ1) is 14.3. The van der Waals surface area contributed by atoms with Crippen LogP contribution in [0.25, 0.3) is 0 Å². The summed E-state index contributed by atoms with van der Waals surface area (Å²) < 4.78 is 43.2. The zero-order valence-electron chi connectivity index (χ0n) is 10.5. The van der Waals surface area contributed by atoms with Crippen molar-refractivity contribution in [1.29, 1.82) is 0 Å². The maximum atomic E-state index is 12.6. The van der Waals surface area contributed by atoms with Gasteiger partial charge in [-0.05, 0) is 11.6 Å². The predicted molar refractivity (Wildman–Crippen MR) is 65.5 cm³/mol. The van der Waals surface area contributed by atoms with E-state index in [-0.39, 0.29) is 6.04 Å². The molecule has 0 radical (unpaired) electrons. The normalized spacial score (nSPS) is 21.6. The van der Waals surface area contributed by atoms with Crippen LogP contribution in [0.2, 0.25) is 0 Å². The lowest BCUT2D eigenvalue weighted by molar-refractivity contribution is -0.137. The topological polar surface area (TPSA) is 38.5 Å². The van der Waals surface area contributed by atoms with Gasteiger partial charge < -0.3 is 10.5 Å². The van der Waals surface area contributed by atoms with Crippen molar-refractivity contribution < 1.29 is 17.9 Å². The molecule has 1 aliphatic heterocycles. The molecule has 1 fully saturated rings. The highest BCUT2D eigenvalue weighted by atomic mass is 19.4. The van der Waals surface area contributed by atoms with E-state index < -0.39 is 11.7 Å². The first-order valence-corrected chi connectivity index (χ1v) is 6.18. The van der Waals surface area contributed by atoms with Gasteiger partial charge in [0, 0.05) is 25.7 Å². The van der Waals surface area contributed by atoms with Crippen LogP contribution in [0.15, 0.2) is 24.3 Å². The highest BCUT2D eigenvalue weighted by Gasteiger charge is 2.30. The summed E-state index contributed by atoms with van der Waals surface area (Å²) in [6, 6.07) is 5.50. The van der Waals surface area contributed by atoms with Gasteiger partial charge in [-0.1, -0.05) is 18.2 Å². The Hall–Kier alpha value is -1.11. The number of alkyl halides is 3. The minimum Gasteiger partial charge on any atom is -0.378 e. The van der Waals surface area contributed by atoms with Crippen molar-refractivity contribution in [2.75, 3.05) is 26.3 Å². The summed E-state index contributed by atoms with van der Waals surface area (Å²) in [5, 5.41) is 0. The van der Waals surface area contributed by atoms with E-state index in [4.69, 9.17) is 10.5 Å². The number of hydrogen-bond acceptors (Lipinski definition) is 3. The molecule has 3 nitrogen and oxygen atoms in total. The van der Waals surface area contributed by atoms with Gasteiger partial charge in [0.05, 0.1) is 18.8 Å². The lowest BCUT2D eigenvalue weighted by Gasteiger charge is -2.34. The average molecular weight is 274 g/mol. The summed E-state index contributed by atoms with van der Waals surface area (Å²) in [5.74, 6) is 0. The van der Waals surface area contributed by atoms with Gasteiger partial charge in [-0.3, -0.25) is 4.90 Å². The molecular formula is C13H17F3N2O. The molecule has 6 heteroatoms. The summed E-state index contributed by atoms with van der Waals surface area (Å²) in [4.78, 5) is 2.07. The number of rotatable bonds is 3. The standard InChI is InChI=1S/C13H17F3N2O/c14-13(15,16)11-3-1-2-10(6-11)8-18-4-5-19-9-12(18)7-17/h1-3,6,12H,4-5,7-9,17H2. The molecule has 0 aromatic heterocycles. The molecule has 1 heterocycles. The Morgan fingerprint density at radius 2 is 2.16 bits per heavy atom. The minimum absolute atomic E-state index is 0.0725. The summed E-state index contributed by atoms with van der Waals surface area (Å²) in [5.41, 5.74) is 5.68. The monoisotopic (exact) mass is 274 g/mol. The van der Waals surface area contributed by atoms with Crippen LogP contribution in [0, 0.1) is 0 Å². The highest BCUT2D eigenvalue weighted by Crippen LogP contribution is 2.29. The van der Waals surface area contributed by atoms with Crippen LogP contribution in [0.1, 0.15) is 11.1 Å². The van der Waals surface area contributed by atoms with Crippen molar-refractivity contribution in [2.24, 2.45) is 5.73 Å². The molecule has 0 bridgehead atoms. The molecule has 106 valence electrons. The van der Waals surface area contributed by atoms with Crippen molar-refractivity contribution in [3.8, 4) is 0 Å². The summed E-state index contributed by atoms with van der Waals surface area (Å²) >= 11 is 0. The third kappa shape index (κ3) is 3.68. The molecule has 0 aliphatic carbocycles. The van der Waals surface area contributed by atoms with Gasteiger partial charge >= 0.3 is 6.18 Å². The Labute approximate surface area is 110 Å². The Kier molecular flexibility index (Phi) is 4.44. The fraction of sp³-hybridized carbons (Fsp3) is 0.538. The zero-order chi connectivity index (χ0) is 13.9. The third-order valence-corrected chi connectivity index (χ3v) is 3.26. The quantitative estimate of drug-likeness (QED) is 0.914. The predicted octanol–water partition coefficient (Wildman–Crippen LogP) is 1.86. The molecular weight excluding hydrogens is 257 g/mol. The Balaban J connectivity index is 2.10. The van der Waals surface area contributed by atoms with Gasteiger partial charge in [0.25, 0.3) is 0 Å². The van der Waals surface area contributed by atoms with E-state index in [9.17, 15) is 13.2 Å². The van der Waals surface area contributed by atoms with Crippen LogP contribution in [0.5, 0.6) is 0 Å². The van der Waals surface area contributed by atoms with Gasteiger partial charge in [-0.15, -0.1) is 0 Å². The van der Waals surface area contributed by atoms with E-state index in [1.54, 1.807) is 6.07 Å². The number of halogens is 3. The van der Waals surface area contributed by atoms with Crippen molar-refractivity contribution in [1.82, 2.24) is 4.90 Å². The molecule has 1 aromatic carbocycles. The van der Waals surface area contributed by atoms with Crippen molar-refractivity contribution >= 4 is 0 Å². The molecule has 0 saturated carbocycles. The van der Waals surface area contributed by atoms with Crippen LogP contribution in [0.4, 0.5) is 13.2 Å². The van der Waals surface area contributed by atoms with E-state index in [2.05, 4.69) is 4.90 Å². The SMILES string of the molecule is NCC1COCCN1Cc1cccc(C(F)(F)F)c1. The average Bonchev–Trinajstić information content (AvgIpc) is 2.39. The summed E-state index contributed by atoms with van der Waals surface area (Å²) in [6.07, 6.45) is -4.30. The molecule has 19 heavy (non-hydrogen) atoms. The minimum atomic E-state index is -4.30. The lowest BCUT2D eigenvalue weighted by atomic mass is 10.1. The summed E-state index contributed by atoms with van der Waals surface area (Å²) in [6.45, 7) is 2.73. The Morgan fingerprint density at radius 1 is 1.37 bits per heavy atom. The molecule has 1 aromatic rings. The van der Waals surface area contributed by atoms with Crippen LogP contribution in [0.3, 0.4) is 0 Å².